The first kappa shape index (κ1) is 13.5. The highest BCUT2D eigenvalue weighted by atomic mass is 19.2. The van der Waals surface area contributed by atoms with Crippen molar-refractivity contribution in [2.24, 2.45) is 5.73 Å². The minimum atomic E-state index is -0.965. The highest BCUT2D eigenvalue weighted by Gasteiger charge is 2.15. The quantitative estimate of drug-likeness (QED) is 0.806. The van der Waals surface area contributed by atoms with Crippen LogP contribution in [-0.2, 0) is 6.54 Å². The van der Waals surface area contributed by atoms with E-state index in [1.807, 2.05) is 0 Å². The molecular formula is C15H12F2N2O2. The van der Waals surface area contributed by atoms with E-state index < -0.39 is 23.4 Å². The van der Waals surface area contributed by atoms with Crippen LogP contribution >= 0.6 is 0 Å². The maximum atomic E-state index is 13.2. The lowest BCUT2D eigenvalue weighted by atomic mass is 10.1. The summed E-state index contributed by atoms with van der Waals surface area (Å²) in [6.45, 7) is 0.112. The molecule has 3 aromatic rings. The minimum Gasteiger partial charge on any atom is -0.408 e. The molecule has 0 radical (unpaired) electrons. The van der Waals surface area contributed by atoms with Gasteiger partial charge in [-0.2, -0.15) is 0 Å². The first-order valence-corrected chi connectivity index (χ1v) is 6.35. The molecule has 0 aliphatic carbocycles. The number of hydrogen-bond acceptors (Lipinski definition) is 3. The Bertz CT molecular complexity index is 854. The fraction of sp³-hybridized carbons (Fsp3) is 0.133. The Morgan fingerprint density at radius 1 is 1.14 bits per heavy atom. The summed E-state index contributed by atoms with van der Waals surface area (Å²) >= 11 is 0. The molecule has 0 aliphatic rings. The number of aromatic nitrogens is 1. The van der Waals surface area contributed by atoms with Gasteiger partial charge in [-0.05, 0) is 29.8 Å². The molecule has 0 saturated heterocycles. The maximum absolute atomic E-state index is 13.2. The summed E-state index contributed by atoms with van der Waals surface area (Å²) in [7, 11) is 0. The SMILES string of the molecule is NC(Cn1c(=O)oc2ccccc21)c1ccc(F)c(F)c1. The smallest absolute Gasteiger partial charge is 0.408 e. The van der Waals surface area contributed by atoms with Gasteiger partial charge in [0.2, 0.25) is 0 Å². The molecule has 1 atom stereocenters. The Balaban J connectivity index is 1.96. The van der Waals surface area contributed by atoms with Crippen LogP contribution in [0, 0.1) is 11.6 Å². The van der Waals surface area contributed by atoms with E-state index in [1.165, 1.54) is 10.6 Å². The number of oxazole rings is 1. The zero-order chi connectivity index (χ0) is 15.0. The number of fused-ring (bicyclic) bond motifs is 1. The summed E-state index contributed by atoms with van der Waals surface area (Å²) in [6, 6.07) is 9.74. The van der Waals surface area contributed by atoms with Crippen molar-refractivity contribution in [3.63, 3.8) is 0 Å². The summed E-state index contributed by atoms with van der Waals surface area (Å²) < 4.78 is 32.6. The fourth-order valence-corrected chi connectivity index (χ4v) is 2.23. The van der Waals surface area contributed by atoms with Crippen LogP contribution < -0.4 is 11.5 Å². The zero-order valence-electron chi connectivity index (χ0n) is 10.9. The monoisotopic (exact) mass is 290 g/mol. The van der Waals surface area contributed by atoms with Gasteiger partial charge in [-0.15, -0.1) is 0 Å². The van der Waals surface area contributed by atoms with Crippen molar-refractivity contribution < 1.29 is 13.2 Å². The predicted octanol–water partition coefficient (Wildman–Crippen LogP) is 2.57. The third-order valence-electron chi connectivity index (χ3n) is 3.32. The summed E-state index contributed by atoms with van der Waals surface area (Å²) in [6.07, 6.45) is 0. The van der Waals surface area contributed by atoms with E-state index in [2.05, 4.69) is 0 Å². The van der Waals surface area contributed by atoms with Crippen molar-refractivity contribution in [2.75, 3.05) is 0 Å². The molecule has 0 spiro atoms. The molecule has 0 aliphatic heterocycles. The van der Waals surface area contributed by atoms with Crippen LogP contribution in [-0.4, -0.2) is 4.57 Å². The molecule has 2 aromatic carbocycles. The molecule has 1 heterocycles. The Kier molecular flexibility index (Phi) is 3.31. The lowest BCUT2D eigenvalue weighted by molar-refractivity contribution is 0.475. The summed E-state index contributed by atoms with van der Waals surface area (Å²) in [5, 5.41) is 0. The summed E-state index contributed by atoms with van der Waals surface area (Å²) in [5.41, 5.74) is 7.45. The maximum Gasteiger partial charge on any atom is 0.420 e. The van der Waals surface area contributed by atoms with Gasteiger partial charge in [0, 0.05) is 12.6 Å². The van der Waals surface area contributed by atoms with Crippen molar-refractivity contribution in [1.29, 1.82) is 0 Å². The van der Waals surface area contributed by atoms with E-state index in [-0.39, 0.29) is 6.54 Å². The van der Waals surface area contributed by atoms with Crippen molar-refractivity contribution in [3.05, 3.63) is 70.2 Å². The number of rotatable bonds is 3. The second-order valence-corrected chi connectivity index (χ2v) is 4.73. The lowest BCUT2D eigenvalue weighted by Crippen LogP contribution is -2.24. The molecular weight excluding hydrogens is 278 g/mol. The normalized spacial score (nSPS) is 12.7. The molecule has 0 saturated carbocycles. The lowest BCUT2D eigenvalue weighted by Gasteiger charge is -2.12. The van der Waals surface area contributed by atoms with Crippen LogP contribution in [0.15, 0.2) is 51.7 Å². The zero-order valence-corrected chi connectivity index (χ0v) is 10.9. The number of benzene rings is 2. The molecule has 6 heteroatoms. The molecule has 1 aromatic heterocycles. The molecule has 4 nitrogen and oxygen atoms in total. The van der Waals surface area contributed by atoms with Gasteiger partial charge in [-0.1, -0.05) is 18.2 Å². The van der Waals surface area contributed by atoms with Gasteiger partial charge in [0.25, 0.3) is 0 Å². The van der Waals surface area contributed by atoms with Gasteiger partial charge in [0.05, 0.1) is 5.52 Å². The molecule has 0 amide bonds. The van der Waals surface area contributed by atoms with Crippen LogP contribution in [0.4, 0.5) is 8.78 Å². The van der Waals surface area contributed by atoms with E-state index in [1.54, 1.807) is 24.3 Å². The molecule has 108 valence electrons. The Labute approximate surface area is 118 Å². The van der Waals surface area contributed by atoms with E-state index in [0.29, 0.717) is 16.7 Å². The second-order valence-electron chi connectivity index (χ2n) is 4.73. The summed E-state index contributed by atoms with van der Waals surface area (Å²) in [4.78, 5) is 11.8. The first-order valence-electron chi connectivity index (χ1n) is 6.35. The largest absolute Gasteiger partial charge is 0.420 e. The molecule has 2 N–H and O–H groups in total. The van der Waals surface area contributed by atoms with E-state index in [9.17, 15) is 13.6 Å². The second kappa shape index (κ2) is 5.14. The number of nitrogens with zero attached hydrogens (tertiary/aromatic N) is 1. The summed E-state index contributed by atoms with van der Waals surface area (Å²) in [5.74, 6) is -2.43. The predicted molar refractivity (Wildman–Crippen MR) is 73.8 cm³/mol. The number of para-hydroxylation sites is 2. The third kappa shape index (κ3) is 2.45. The van der Waals surface area contributed by atoms with Crippen molar-refractivity contribution in [3.8, 4) is 0 Å². The Morgan fingerprint density at radius 2 is 1.90 bits per heavy atom. The van der Waals surface area contributed by atoms with Gasteiger partial charge in [-0.25, -0.2) is 13.6 Å². The van der Waals surface area contributed by atoms with Gasteiger partial charge in [0.1, 0.15) is 0 Å². The van der Waals surface area contributed by atoms with Gasteiger partial charge in [0.15, 0.2) is 17.2 Å². The minimum absolute atomic E-state index is 0.112. The molecule has 1 unspecified atom stereocenters. The third-order valence-corrected chi connectivity index (χ3v) is 3.32. The molecule has 0 bridgehead atoms. The fourth-order valence-electron chi connectivity index (χ4n) is 2.23. The highest BCUT2D eigenvalue weighted by molar-refractivity contribution is 5.72. The van der Waals surface area contributed by atoms with E-state index in [0.717, 1.165) is 12.1 Å². The number of nitrogens with two attached hydrogens (primary N) is 1. The van der Waals surface area contributed by atoms with Crippen LogP contribution in [0.2, 0.25) is 0 Å². The average Bonchev–Trinajstić information content (AvgIpc) is 2.78. The topological polar surface area (TPSA) is 61.2 Å². The molecule has 3 rings (SSSR count). The van der Waals surface area contributed by atoms with Crippen molar-refractivity contribution in [1.82, 2.24) is 4.57 Å². The van der Waals surface area contributed by atoms with E-state index >= 15 is 0 Å². The molecule has 21 heavy (non-hydrogen) atoms. The van der Waals surface area contributed by atoms with Crippen molar-refractivity contribution in [2.45, 2.75) is 12.6 Å². The first-order chi connectivity index (χ1) is 10.1. The Morgan fingerprint density at radius 3 is 2.67 bits per heavy atom. The van der Waals surface area contributed by atoms with Crippen LogP contribution in [0.5, 0.6) is 0 Å². The van der Waals surface area contributed by atoms with E-state index in [4.69, 9.17) is 10.2 Å². The highest BCUT2D eigenvalue weighted by Crippen LogP contribution is 2.18. The van der Waals surface area contributed by atoms with Crippen LogP contribution in [0.3, 0.4) is 0 Å². The standard InChI is InChI=1S/C15H12F2N2O2/c16-10-6-5-9(7-11(10)17)12(18)8-19-13-3-1-2-4-14(13)21-15(19)20/h1-7,12H,8,18H2. The van der Waals surface area contributed by atoms with Crippen molar-refractivity contribution >= 4 is 11.1 Å². The van der Waals surface area contributed by atoms with Crippen LogP contribution in [0.25, 0.3) is 11.1 Å². The number of hydrogen-bond donors (Lipinski definition) is 1. The van der Waals surface area contributed by atoms with Gasteiger partial charge < -0.3 is 10.2 Å². The van der Waals surface area contributed by atoms with Crippen LogP contribution in [0.1, 0.15) is 11.6 Å². The van der Waals surface area contributed by atoms with Gasteiger partial charge in [-0.3, -0.25) is 4.57 Å². The number of halogens is 2. The Hall–Kier alpha value is -2.47. The average molecular weight is 290 g/mol. The van der Waals surface area contributed by atoms with Gasteiger partial charge >= 0.3 is 5.76 Å². The molecule has 0 fully saturated rings.